The fourth-order valence-electron chi connectivity index (χ4n) is 3.40. The molecule has 0 aromatic carbocycles. The minimum atomic E-state index is 0.896. The Labute approximate surface area is 140 Å². The molecule has 0 bridgehead atoms. The second-order valence-electron chi connectivity index (χ2n) is 6.76. The Morgan fingerprint density at radius 1 is 1.17 bits per heavy atom. The van der Waals surface area contributed by atoms with E-state index in [4.69, 9.17) is 0 Å². The minimum absolute atomic E-state index is 0.896. The van der Waals surface area contributed by atoms with Crippen molar-refractivity contribution in [1.82, 2.24) is 25.4 Å². The van der Waals surface area contributed by atoms with Crippen molar-refractivity contribution in [3.8, 4) is 0 Å². The fraction of sp³-hybridized carbons (Fsp3) is 0.824. The number of aromatic nitrogens is 3. The second kappa shape index (κ2) is 10.2. The van der Waals surface area contributed by atoms with Gasteiger partial charge in [0.15, 0.2) is 5.96 Å². The van der Waals surface area contributed by atoms with Crippen LogP contribution in [0, 0.1) is 11.8 Å². The summed E-state index contributed by atoms with van der Waals surface area (Å²) in [7, 11) is 1.84. The molecule has 0 spiro atoms. The number of aryl methyl sites for hydroxylation is 1. The summed E-state index contributed by atoms with van der Waals surface area (Å²) in [4.78, 5) is 4.30. The van der Waals surface area contributed by atoms with Crippen LogP contribution >= 0.6 is 0 Å². The van der Waals surface area contributed by atoms with Gasteiger partial charge in [0.05, 0.1) is 0 Å². The molecule has 1 saturated carbocycles. The van der Waals surface area contributed by atoms with Crippen LogP contribution in [-0.4, -0.2) is 40.9 Å². The summed E-state index contributed by atoms with van der Waals surface area (Å²) >= 11 is 0. The molecule has 1 aromatic rings. The molecule has 6 heteroatoms. The lowest BCUT2D eigenvalue weighted by Gasteiger charge is -2.26. The maximum Gasteiger partial charge on any atom is 0.190 e. The van der Waals surface area contributed by atoms with E-state index in [-0.39, 0.29) is 0 Å². The molecule has 1 aromatic heterocycles. The summed E-state index contributed by atoms with van der Waals surface area (Å²) in [5.41, 5.74) is 0. The molecule has 1 heterocycles. The van der Waals surface area contributed by atoms with Crippen LogP contribution < -0.4 is 10.6 Å². The summed E-state index contributed by atoms with van der Waals surface area (Å²) in [6.07, 6.45) is 12.6. The van der Waals surface area contributed by atoms with Crippen LogP contribution in [0.5, 0.6) is 0 Å². The average Bonchev–Trinajstić information content (AvgIpc) is 3.06. The van der Waals surface area contributed by atoms with Crippen molar-refractivity contribution >= 4 is 5.96 Å². The van der Waals surface area contributed by atoms with E-state index in [0.717, 1.165) is 50.3 Å². The number of hydrogen-bond donors (Lipinski definition) is 2. The average molecular weight is 320 g/mol. The summed E-state index contributed by atoms with van der Waals surface area (Å²) in [5.74, 6) is 2.74. The molecule has 1 aliphatic carbocycles. The second-order valence-corrected chi connectivity index (χ2v) is 6.76. The van der Waals surface area contributed by atoms with E-state index in [2.05, 4.69) is 32.7 Å². The standard InChI is InChI=1S/C17H32N6/c1-15-6-5-7-16(12-15)8-10-20-17(18-2)19-9-3-4-11-23-13-21-22-14-23/h13-16H,3-12H2,1-2H3,(H2,18,19,20). The van der Waals surface area contributed by atoms with Crippen LogP contribution in [0.4, 0.5) is 0 Å². The third-order valence-electron chi connectivity index (χ3n) is 4.72. The lowest BCUT2D eigenvalue weighted by atomic mass is 9.81. The first kappa shape index (κ1) is 17.8. The van der Waals surface area contributed by atoms with E-state index in [9.17, 15) is 0 Å². The Bertz CT molecular complexity index is 442. The molecule has 23 heavy (non-hydrogen) atoms. The minimum Gasteiger partial charge on any atom is -0.356 e. The number of nitrogens with one attached hydrogen (secondary N) is 2. The monoisotopic (exact) mass is 320 g/mol. The SMILES string of the molecule is CN=C(NCCCCn1cnnc1)NCCC1CCCC(C)C1. The Hall–Kier alpha value is -1.59. The van der Waals surface area contributed by atoms with Crippen LogP contribution in [-0.2, 0) is 6.54 Å². The Balaban J connectivity index is 1.51. The number of guanidine groups is 1. The van der Waals surface area contributed by atoms with Gasteiger partial charge in [-0.05, 0) is 37.5 Å². The molecule has 6 nitrogen and oxygen atoms in total. The van der Waals surface area contributed by atoms with Crippen molar-refractivity contribution in [2.24, 2.45) is 16.8 Å². The molecular formula is C17H32N6. The van der Waals surface area contributed by atoms with E-state index in [1.807, 2.05) is 11.6 Å². The van der Waals surface area contributed by atoms with E-state index in [1.165, 1.54) is 32.1 Å². The van der Waals surface area contributed by atoms with Gasteiger partial charge in [-0.15, -0.1) is 10.2 Å². The first-order chi connectivity index (χ1) is 11.3. The van der Waals surface area contributed by atoms with Crippen LogP contribution in [0.3, 0.4) is 0 Å². The molecule has 1 fully saturated rings. The summed E-state index contributed by atoms with van der Waals surface area (Å²) < 4.78 is 2.01. The third kappa shape index (κ3) is 7.01. The first-order valence-electron chi connectivity index (χ1n) is 9.05. The van der Waals surface area contributed by atoms with Crippen molar-refractivity contribution in [2.75, 3.05) is 20.1 Å². The lowest BCUT2D eigenvalue weighted by molar-refractivity contribution is 0.270. The Morgan fingerprint density at radius 3 is 2.70 bits per heavy atom. The van der Waals surface area contributed by atoms with Gasteiger partial charge in [0.2, 0.25) is 0 Å². The molecular weight excluding hydrogens is 288 g/mol. The van der Waals surface area contributed by atoms with E-state index in [1.54, 1.807) is 12.7 Å². The van der Waals surface area contributed by atoms with E-state index in [0.29, 0.717) is 0 Å². The molecule has 2 N–H and O–H groups in total. The topological polar surface area (TPSA) is 67.1 Å². The van der Waals surface area contributed by atoms with Crippen molar-refractivity contribution < 1.29 is 0 Å². The predicted molar refractivity (Wildman–Crippen MR) is 94.4 cm³/mol. The zero-order chi connectivity index (χ0) is 16.3. The maximum absolute atomic E-state index is 4.30. The highest BCUT2D eigenvalue weighted by atomic mass is 15.2. The van der Waals surface area contributed by atoms with Gasteiger partial charge in [0.25, 0.3) is 0 Å². The Kier molecular flexibility index (Phi) is 7.90. The number of hydrogen-bond acceptors (Lipinski definition) is 3. The normalized spacial score (nSPS) is 22.1. The smallest absolute Gasteiger partial charge is 0.190 e. The summed E-state index contributed by atoms with van der Waals surface area (Å²) in [6.45, 7) is 5.33. The maximum atomic E-state index is 4.30. The first-order valence-corrected chi connectivity index (χ1v) is 9.05. The highest BCUT2D eigenvalue weighted by Crippen LogP contribution is 2.30. The summed E-state index contributed by atoms with van der Waals surface area (Å²) in [6, 6.07) is 0. The molecule has 130 valence electrons. The highest BCUT2D eigenvalue weighted by Gasteiger charge is 2.18. The molecule has 2 atom stereocenters. The number of nitrogens with zero attached hydrogens (tertiary/aromatic N) is 4. The van der Waals surface area contributed by atoms with Crippen molar-refractivity contribution in [2.45, 2.75) is 58.4 Å². The van der Waals surface area contributed by atoms with Gasteiger partial charge in [0, 0.05) is 26.7 Å². The van der Waals surface area contributed by atoms with E-state index >= 15 is 0 Å². The zero-order valence-corrected chi connectivity index (χ0v) is 14.7. The fourth-order valence-corrected chi connectivity index (χ4v) is 3.40. The summed E-state index contributed by atoms with van der Waals surface area (Å²) in [5, 5.41) is 14.5. The molecule has 1 aliphatic rings. The van der Waals surface area contributed by atoms with Crippen LogP contribution in [0.2, 0.25) is 0 Å². The third-order valence-corrected chi connectivity index (χ3v) is 4.72. The molecule has 0 aliphatic heterocycles. The highest BCUT2D eigenvalue weighted by molar-refractivity contribution is 5.79. The molecule has 0 amide bonds. The van der Waals surface area contributed by atoms with E-state index < -0.39 is 0 Å². The number of aliphatic imine (C=N–C) groups is 1. The molecule has 0 saturated heterocycles. The van der Waals surface area contributed by atoms with Crippen molar-refractivity contribution in [1.29, 1.82) is 0 Å². The van der Waals surface area contributed by atoms with Gasteiger partial charge >= 0.3 is 0 Å². The zero-order valence-electron chi connectivity index (χ0n) is 14.7. The van der Waals surface area contributed by atoms with Gasteiger partial charge in [0.1, 0.15) is 12.7 Å². The predicted octanol–water partition coefficient (Wildman–Crippen LogP) is 2.44. The van der Waals surface area contributed by atoms with Gasteiger partial charge in [-0.25, -0.2) is 0 Å². The number of rotatable bonds is 8. The Morgan fingerprint density at radius 2 is 1.96 bits per heavy atom. The van der Waals surface area contributed by atoms with Crippen molar-refractivity contribution in [3.63, 3.8) is 0 Å². The van der Waals surface area contributed by atoms with Crippen molar-refractivity contribution in [3.05, 3.63) is 12.7 Å². The molecule has 0 radical (unpaired) electrons. The van der Waals surface area contributed by atoms with Crippen LogP contribution in [0.1, 0.15) is 51.9 Å². The van der Waals surface area contributed by atoms with Gasteiger partial charge in [-0.3, -0.25) is 4.99 Å². The van der Waals surface area contributed by atoms with Crippen LogP contribution in [0.25, 0.3) is 0 Å². The largest absolute Gasteiger partial charge is 0.356 e. The quantitative estimate of drug-likeness (QED) is 0.438. The van der Waals surface area contributed by atoms with Gasteiger partial charge in [-0.2, -0.15) is 0 Å². The molecule has 2 rings (SSSR count). The van der Waals surface area contributed by atoms with Crippen LogP contribution in [0.15, 0.2) is 17.6 Å². The van der Waals surface area contributed by atoms with Gasteiger partial charge in [-0.1, -0.05) is 26.2 Å². The number of unbranched alkanes of at least 4 members (excludes halogenated alkanes) is 1. The van der Waals surface area contributed by atoms with Gasteiger partial charge < -0.3 is 15.2 Å². The lowest BCUT2D eigenvalue weighted by Crippen LogP contribution is -2.38. The molecule has 2 unspecified atom stereocenters.